The van der Waals surface area contributed by atoms with Crippen LogP contribution in [0.2, 0.25) is 0 Å². The molecule has 1 aliphatic heterocycles. The normalized spacial score (nSPS) is 12.4. The van der Waals surface area contributed by atoms with Crippen molar-refractivity contribution in [1.29, 1.82) is 0 Å². The van der Waals surface area contributed by atoms with Crippen LogP contribution in [0.15, 0.2) is 36.4 Å². The van der Waals surface area contributed by atoms with Crippen LogP contribution in [-0.2, 0) is 22.5 Å². The van der Waals surface area contributed by atoms with E-state index in [-0.39, 0.29) is 11.7 Å². The first-order chi connectivity index (χ1) is 14.1. The van der Waals surface area contributed by atoms with E-state index in [0.717, 1.165) is 29.2 Å². The highest BCUT2D eigenvalue weighted by Gasteiger charge is 2.17. The molecule has 0 saturated carbocycles. The van der Waals surface area contributed by atoms with Crippen LogP contribution in [-0.4, -0.2) is 37.3 Å². The first kappa shape index (κ1) is 25.6. The Kier molecular flexibility index (Phi) is 9.93. The van der Waals surface area contributed by atoms with Crippen LogP contribution in [0, 0.1) is 11.6 Å². The fourth-order valence-electron chi connectivity index (χ4n) is 2.73. The number of benzene rings is 2. The second-order valence-electron chi connectivity index (χ2n) is 7.74. The zero-order chi connectivity index (χ0) is 22.9. The van der Waals surface area contributed by atoms with Gasteiger partial charge in [0.15, 0.2) is 0 Å². The third kappa shape index (κ3) is 7.75. The Morgan fingerprint density at radius 1 is 1.07 bits per heavy atom. The number of hydrogen-bond acceptors (Lipinski definition) is 3. The Labute approximate surface area is 178 Å². The van der Waals surface area contributed by atoms with Crippen LogP contribution in [0.25, 0.3) is 11.1 Å². The van der Waals surface area contributed by atoms with Crippen molar-refractivity contribution in [2.45, 2.75) is 53.2 Å². The molecule has 0 N–H and O–H groups in total. The molecule has 2 aromatic rings. The van der Waals surface area contributed by atoms with Gasteiger partial charge in [0.1, 0.15) is 17.2 Å². The molecule has 30 heavy (non-hydrogen) atoms. The molecule has 1 amide bonds. The van der Waals surface area contributed by atoms with Crippen molar-refractivity contribution in [3.8, 4) is 11.1 Å². The number of rotatable bonds is 1. The molecule has 166 valence electrons. The van der Waals surface area contributed by atoms with Crippen molar-refractivity contribution in [1.82, 2.24) is 4.90 Å². The van der Waals surface area contributed by atoms with E-state index in [2.05, 4.69) is 0 Å². The number of ether oxygens (including phenoxy) is 2. The summed E-state index contributed by atoms with van der Waals surface area (Å²) in [5.41, 5.74) is 3.10. The highest BCUT2D eigenvalue weighted by molar-refractivity contribution is 5.69. The lowest BCUT2D eigenvalue weighted by molar-refractivity contribution is 0.0341. The lowest BCUT2D eigenvalue weighted by Crippen LogP contribution is -2.31. The number of nitrogens with zero attached hydrogens (tertiary/aromatic N) is 1. The second-order valence-corrected chi connectivity index (χ2v) is 7.74. The monoisotopic (exact) mass is 421 g/mol. The molecule has 0 saturated heterocycles. The Hall–Kier alpha value is -2.47. The van der Waals surface area contributed by atoms with Gasteiger partial charge in [-0.2, -0.15) is 0 Å². The van der Waals surface area contributed by atoms with Crippen molar-refractivity contribution in [2.75, 3.05) is 20.7 Å². The summed E-state index contributed by atoms with van der Waals surface area (Å²) in [6.45, 7) is 10.7. The van der Waals surface area contributed by atoms with E-state index < -0.39 is 11.6 Å². The number of hydrogen-bond donors (Lipinski definition) is 0. The van der Waals surface area contributed by atoms with Crippen molar-refractivity contribution in [3.05, 3.63) is 59.2 Å². The van der Waals surface area contributed by atoms with E-state index in [1.165, 1.54) is 17.0 Å². The molecule has 2 aromatic carbocycles. The SMILES string of the molecule is CC.CN(C)C(=O)OC(C)(C)C.Fc1ccc(-c2cccc3c2CCOC3)c(F)c1. The van der Waals surface area contributed by atoms with Gasteiger partial charge in [0.25, 0.3) is 0 Å². The minimum absolute atomic E-state index is 0.299. The zero-order valence-electron chi connectivity index (χ0n) is 19.0. The van der Waals surface area contributed by atoms with Gasteiger partial charge in [0.2, 0.25) is 0 Å². The maximum atomic E-state index is 13.8. The molecule has 0 aliphatic carbocycles. The average molecular weight is 422 g/mol. The van der Waals surface area contributed by atoms with Crippen LogP contribution in [0.5, 0.6) is 0 Å². The summed E-state index contributed by atoms with van der Waals surface area (Å²) in [6, 6.07) is 9.45. The predicted molar refractivity (Wildman–Crippen MR) is 116 cm³/mol. The molecular weight excluding hydrogens is 388 g/mol. The minimum Gasteiger partial charge on any atom is -0.444 e. The van der Waals surface area contributed by atoms with Gasteiger partial charge >= 0.3 is 6.09 Å². The van der Waals surface area contributed by atoms with Gasteiger partial charge in [0, 0.05) is 25.7 Å². The summed E-state index contributed by atoms with van der Waals surface area (Å²) < 4.78 is 37.1. The van der Waals surface area contributed by atoms with Gasteiger partial charge < -0.3 is 14.4 Å². The predicted octanol–water partition coefficient (Wildman–Crippen LogP) is 6.21. The van der Waals surface area contributed by atoms with E-state index in [4.69, 9.17) is 9.47 Å². The zero-order valence-corrected chi connectivity index (χ0v) is 19.0. The van der Waals surface area contributed by atoms with Gasteiger partial charge in [-0.1, -0.05) is 32.0 Å². The van der Waals surface area contributed by atoms with E-state index in [0.29, 0.717) is 18.8 Å². The third-order valence-corrected chi connectivity index (χ3v) is 4.01. The molecule has 1 aliphatic rings. The summed E-state index contributed by atoms with van der Waals surface area (Å²) >= 11 is 0. The van der Waals surface area contributed by atoms with Crippen molar-refractivity contribution in [2.24, 2.45) is 0 Å². The lowest BCUT2D eigenvalue weighted by atomic mass is 9.92. The summed E-state index contributed by atoms with van der Waals surface area (Å²) in [5, 5.41) is 0. The van der Waals surface area contributed by atoms with Gasteiger partial charge in [-0.25, -0.2) is 13.6 Å². The van der Waals surface area contributed by atoms with E-state index in [9.17, 15) is 13.6 Å². The summed E-state index contributed by atoms with van der Waals surface area (Å²) in [6.07, 6.45) is 0.468. The van der Waals surface area contributed by atoms with Gasteiger partial charge in [-0.05, 0) is 56.0 Å². The first-order valence-corrected chi connectivity index (χ1v) is 10.1. The van der Waals surface area contributed by atoms with E-state index in [1.54, 1.807) is 14.1 Å². The molecule has 0 atom stereocenters. The Balaban J connectivity index is 0.000000323. The molecular formula is C24H33F2NO3. The maximum absolute atomic E-state index is 13.8. The Morgan fingerprint density at radius 2 is 1.73 bits per heavy atom. The number of fused-ring (bicyclic) bond motifs is 1. The molecule has 3 rings (SSSR count). The highest BCUT2D eigenvalue weighted by Crippen LogP contribution is 2.31. The fraction of sp³-hybridized carbons (Fsp3) is 0.458. The molecule has 1 heterocycles. The van der Waals surface area contributed by atoms with Crippen molar-refractivity contribution < 1.29 is 23.0 Å². The number of halogens is 2. The maximum Gasteiger partial charge on any atom is 0.409 e. The fourth-order valence-corrected chi connectivity index (χ4v) is 2.73. The Morgan fingerprint density at radius 3 is 2.27 bits per heavy atom. The van der Waals surface area contributed by atoms with Crippen LogP contribution in [0.1, 0.15) is 45.7 Å². The largest absolute Gasteiger partial charge is 0.444 e. The standard InChI is InChI=1S/C15H12F2O.C7H15NO2.C2H6/c16-11-4-5-14(15(17)8-11)13-3-1-2-10-9-18-7-6-12(10)13;1-7(2,3)10-6(9)8(4)5;1-2/h1-5,8H,6-7,9H2;1-5H3;1-2H3. The van der Waals surface area contributed by atoms with Gasteiger partial charge in [-0.15, -0.1) is 0 Å². The molecule has 0 unspecified atom stereocenters. The minimum atomic E-state index is -0.551. The molecule has 4 nitrogen and oxygen atoms in total. The first-order valence-electron chi connectivity index (χ1n) is 10.1. The molecule has 0 aromatic heterocycles. The number of carbonyl (C=O) groups is 1. The number of carbonyl (C=O) groups excluding carboxylic acids is 1. The quantitative estimate of drug-likeness (QED) is 0.549. The van der Waals surface area contributed by atoms with E-state index in [1.807, 2.05) is 52.8 Å². The van der Waals surface area contributed by atoms with Gasteiger partial charge in [0.05, 0.1) is 13.2 Å². The molecule has 0 radical (unpaired) electrons. The molecule has 0 bridgehead atoms. The second kappa shape index (κ2) is 11.6. The average Bonchev–Trinajstić information content (AvgIpc) is 2.68. The van der Waals surface area contributed by atoms with Gasteiger partial charge in [-0.3, -0.25) is 0 Å². The van der Waals surface area contributed by atoms with E-state index >= 15 is 0 Å². The van der Waals surface area contributed by atoms with Crippen LogP contribution in [0.3, 0.4) is 0 Å². The summed E-state index contributed by atoms with van der Waals surface area (Å²) in [7, 11) is 3.32. The van der Waals surface area contributed by atoms with Crippen molar-refractivity contribution in [3.63, 3.8) is 0 Å². The smallest absolute Gasteiger partial charge is 0.409 e. The van der Waals surface area contributed by atoms with Crippen LogP contribution >= 0.6 is 0 Å². The lowest BCUT2D eigenvalue weighted by Gasteiger charge is -2.22. The van der Waals surface area contributed by atoms with Crippen molar-refractivity contribution >= 4 is 6.09 Å². The highest BCUT2D eigenvalue weighted by atomic mass is 19.1. The topological polar surface area (TPSA) is 38.8 Å². The molecule has 0 spiro atoms. The molecule has 6 heteroatoms. The third-order valence-electron chi connectivity index (χ3n) is 4.01. The summed E-state index contributed by atoms with van der Waals surface area (Å²) in [5.74, 6) is -1.07. The van der Waals surface area contributed by atoms with Crippen LogP contribution in [0.4, 0.5) is 13.6 Å². The Bertz CT molecular complexity index is 830. The molecule has 0 fully saturated rings. The van der Waals surface area contributed by atoms with Crippen LogP contribution < -0.4 is 0 Å². The number of amides is 1. The summed E-state index contributed by atoms with van der Waals surface area (Å²) in [4.78, 5) is 12.3.